The monoisotopic (exact) mass is 684 g/mol. The van der Waals surface area contributed by atoms with E-state index in [1.807, 2.05) is 12.1 Å². The molecule has 1 saturated heterocycles. The lowest BCUT2D eigenvalue weighted by Crippen LogP contribution is -2.54. The van der Waals surface area contributed by atoms with Crippen LogP contribution in [0.3, 0.4) is 0 Å². The smallest absolute Gasteiger partial charge is 0.270 e. The van der Waals surface area contributed by atoms with Crippen molar-refractivity contribution in [2.45, 2.75) is 0 Å². The molecule has 0 radical (unpaired) electrons. The number of rotatable bonds is 5. The molecule has 0 atom stereocenters. The zero-order valence-corrected chi connectivity index (χ0v) is 21.7. The van der Waals surface area contributed by atoms with Gasteiger partial charge in [-0.3, -0.25) is 19.8 Å². The van der Waals surface area contributed by atoms with Crippen LogP contribution in [-0.4, -0.2) is 23.5 Å². The highest BCUT2D eigenvalue weighted by molar-refractivity contribution is 14.1. The van der Waals surface area contributed by atoms with E-state index >= 15 is 0 Å². The Morgan fingerprint density at radius 1 is 1.20 bits per heavy atom. The molecular formula is C20H12Cl2I2N2O3S. The Balaban J connectivity index is 2.03. The molecule has 1 aliphatic rings. The van der Waals surface area contributed by atoms with Crippen molar-refractivity contribution in [3.8, 4) is 5.75 Å². The predicted molar refractivity (Wildman–Crippen MR) is 140 cm³/mol. The van der Waals surface area contributed by atoms with Crippen LogP contribution in [0.2, 0.25) is 10.0 Å². The van der Waals surface area contributed by atoms with E-state index in [9.17, 15) is 9.59 Å². The molecule has 1 fully saturated rings. The van der Waals surface area contributed by atoms with E-state index in [4.69, 9.17) is 40.2 Å². The van der Waals surface area contributed by atoms with Gasteiger partial charge in [-0.05, 0) is 93.3 Å². The summed E-state index contributed by atoms with van der Waals surface area (Å²) in [6, 6.07) is 8.48. The second-order valence-electron chi connectivity index (χ2n) is 5.94. The first-order valence-electron chi connectivity index (χ1n) is 8.32. The molecule has 0 aromatic heterocycles. The van der Waals surface area contributed by atoms with Crippen molar-refractivity contribution in [3.05, 3.63) is 71.3 Å². The summed E-state index contributed by atoms with van der Waals surface area (Å²) >= 11 is 21.8. The van der Waals surface area contributed by atoms with Crippen LogP contribution in [0.5, 0.6) is 5.75 Å². The molecule has 2 aromatic rings. The molecule has 2 amide bonds. The molecule has 3 rings (SSSR count). The van der Waals surface area contributed by atoms with Crippen LogP contribution in [-0.2, 0) is 9.59 Å². The molecule has 1 N–H and O–H groups in total. The number of halogens is 4. The van der Waals surface area contributed by atoms with Gasteiger partial charge in [-0.25, -0.2) is 0 Å². The zero-order valence-electron chi connectivity index (χ0n) is 15.0. The van der Waals surface area contributed by atoms with Crippen LogP contribution in [0, 0.1) is 7.14 Å². The Morgan fingerprint density at radius 2 is 1.87 bits per heavy atom. The number of nitrogens with one attached hydrogen (secondary N) is 1. The number of anilines is 1. The van der Waals surface area contributed by atoms with Crippen LogP contribution >= 0.6 is 80.6 Å². The highest BCUT2D eigenvalue weighted by Gasteiger charge is 2.35. The number of benzene rings is 2. The standard InChI is InChI=1S/C20H12Cl2I2N2O3S/c1-2-6-29-17-13(23)8-10(9-14(17)24)7-11-18(27)25-20(30)26(19(11)28)15-5-3-4-12(21)16(15)22/h2-5,7-9H,1,6H2,(H,25,27,30)/b11-7+. The molecule has 5 nitrogen and oxygen atoms in total. The minimum atomic E-state index is -0.593. The molecular weight excluding hydrogens is 673 g/mol. The largest absolute Gasteiger partial charge is 0.487 e. The van der Waals surface area contributed by atoms with E-state index in [1.165, 1.54) is 6.08 Å². The summed E-state index contributed by atoms with van der Waals surface area (Å²) in [7, 11) is 0. The summed E-state index contributed by atoms with van der Waals surface area (Å²) in [6.07, 6.45) is 3.16. The summed E-state index contributed by atoms with van der Waals surface area (Å²) in [5, 5.41) is 2.90. The fourth-order valence-corrected chi connectivity index (χ4v) is 5.43. The highest BCUT2D eigenvalue weighted by atomic mass is 127. The topological polar surface area (TPSA) is 58.6 Å². The average molecular weight is 685 g/mol. The third-order valence-electron chi connectivity index (χ3n) is 3.95. The van der Waals surface area contributed by atoms with Crippen molar-refractivity contribution < 1.29 is 14.3 Å². The van der Waals surface area contributed by atoms with Gasteiger partial charge in [0.1, 0.15) is 17.9 Å². The molecule has 0 unspecified atom stereocenters. The summed E-state index contributed by atoms with van der Waals surface area (Å²) in [5.74, 6) is -0.465. The number of carbonyl (C=O) groups is 2. The van der Waals surface area contributed by atoms with Gasteiger partial charge in [0.25, 0.3) is 11.8 Å². The third-order valence-corrected chi connectivity index (χ3v) is 6.65. The Kier molecular flexibility index (Phi) is 7.77. The number of hydrogen-bond donors (Lipinski definition) is 1. The minimum absolute atomic E-state index is 0.0661. The van der Waals surface area contributed by atoms with Gasteiger partial charge in [0, 0.05) is 0 Å². The zero-order chi connectivity index (χ0) is 22.0. The average Bonchev–Trinajstić information content (AvgIpc) is 2.67. The first kappa shape index (κ1) is 23.5. The first-order chi connectivity index (χ1) is 14.2. The van der Waals surface area contributed by atoms with Crippen molar-refractivity contribution in [2.75, 3.05) is 11.5 Å². The lowest BCUT2D eigenvalue weighted by molar-refractivity contribution is -0.122. The molecule has 2 aromatic carbocycles. The van der Waals surface area contributed by atoms with E-state index in [-0.39, 0.29) is 20.7 Å². The summed E-state index contributed by atoms with van der Waals surface area (Å²) in [4.78, 5) is 26.8. The lowest BCUT2D eigenvalue weighted by Gasteiger charge is -2.29. The maximum Gasteiger partial charge on any atom is 0.270 e. The number of carbonyl (C=O) groups excluding carboxylic acids is 2. The van der Waals surface area contributed by atoms with Gasteiger partial charge in [0.15, 0.2) is 5.11 Å². The Labute approximate surface area is 215 Å². The van der Waals surface area contributed by atoms with Crippen molar-refractivity contribution >= 4 is 109 Å². The third kappa shape index (κ3) is 4.82. The van der Waals surface area contributed by atoms with Crippen molar-refractivity contribution in [1.82, 2.24) is 5.32 Å². The molecule has 1 heterocycles. The van der Waals surface area contributed by atoms with Crippen LogP contribution < -0.4 is 15.0 Å². The molecule has 0 saturated carbocycles. The Bertz CT molecular complexity index is 1100. The minimum Gasteiger partial charge on any atom is -0.487 e. The quantitative estimate of drug-likeness (QED) is 0.147. The van der Waals surface area contributed by atoms with E-state index < -0.39 is 11.8 Å². The molecule has 154 valence electrons. The summed E-state index contributed by atoms with van der Waals surface area (Å²) in [5.41, 5.74) is 0.881. The number of ether oxygens (including phenoxy) is 1. The Morgan fingerprint density at radius 3 is 2.50 bits per heavy atom. The molecule has 30 heavy (non-hydrogen) atoms. The molecule has 0 aliphatic carbocycles. The lowest BCUT2D eigenvalue weighted by atomic mass is 10.1. The fraction of sp³-hybridized carbons (Fsp3) is 0.0500. The van der Waals surface area contributed by atoms with E-state index in [0.29, 0.717) is 23.6 Å². The van der Waals surface area contributed by atoms with E-state index in [2.05, 4.69) is 57.1 Å². The summed E-state index contributed by atoms with van der Waals surface area (Å²) in [6.45, 7) is 4.02. The Hall–Kier alpha value is -1.21. The van der Waals surface area contributed by atoms with Crippen LogP contribution in [0.4, 0.5) is 5.69 Å². The van der Waals surface area contributed by atoms with Gasteiger partial charge in [-0.1, -0.05) is 41.9 Å². The second-order valence-corrected chi connectivity index (χ2v) is 9.44. The SMILES string of the molecule is C=CCOc1c(I)cc(/C=C2\C(=O)NC(=S)N(c3cccc(Cl)c3Cl)C2=O)cc1I. The molecule has 1 aliphatic heterocycles. The maximum atomic E-state index is 13.2. The van der Waals surface area contributed by atoms with Crippen molar-refractivity contribution in [3.63, 3.8) is 0 Å². The molecule has 10 heteroatoms. The first-order valence-corrected chi connectivity index (χ1v) is 11.6. The second kappa shape index (κ2) is 9.94. The van der Waals surface area contributed by atoms with Crippen molar-refractivity contribution in [1.29, 1.82) is 0 Å². The number of amides is 2. The van der Waals surface area contributed by atoms with Gasteiger partial charge in [0.2, 0.25) is 0 Å². The van der Waals surface area contributed by atoms with Gasteiger partial charge in [0.05, 0.1) is 22.9 Å². The predicted octanol–water partition coefficient (Wildman–Crippen LogP) is 5.60. The molecule has 0 bridgehead atoms. The van der Waals surface area contributed by atoms with Gasteiger partial charge >= 0.3 is 0 Å². The highest BCUT2D eigenvalue weighted by Crippen LogP contribution is 2.35. The van der Waals surface area contributed by atoms with Crippen molar-refractivity contribution in [2.24, 2.45) is 0 Å². The van der Waals surface area contributed by atoms with Crippen LogP contribution in [0.1, 0.15) is 5.56 Å². The number of thiocarbonyl (C=S) groups is 1. The fourth-order valence-electron chi connectivity index (χ4n) is 2.65. The van der Waals surface area contributed by atoms with Gasteiger partial charge in [-0.2, -0.15) is 0 Å². The number of nitrogens with zero attached hydrogens (tertiary/aromatic N) is 1. The van der Waals surface area contributed by atoms with E-state index in [1.54, 1.807) is 24.3 Å². The van der Waals surface area contributed by atoms with Crippen LogP contribution in [0.25, 0.3) is 6.08 Å². The maximum absolute atomic E-state index is 13.2. The summed E-state index contributed by atoms with van der Waals surface area (Å²) < 4.78 is 7.34. The molecule has 0 spiro atoms. The van der Waals surface area contributed by atoms with Gasteiger partial charge in [-0.15, -0.1) is 0 Å². The normalized spacial score (nSPS) is 15.4. The number of hydrogen-bond acceptors (Lipinski definition) is 4. The van der Waals surface area contributed by atoms with Gasteiger partial charge < -0.3 is 4.74 Å². The van der Waals surface area contributed by atoms with Crippen LogP contribution in [0.15, 0.2) is 48.6 Å². The van der Waals surface area contributed by atoms with E-state index in [0.717, 1.165) is 12.0 Å².